The minimum Gasteiger partial charge on any atom is -0.493 e. The van der Waals surface area contributed by atoms with Crippen molar-refractivity contribution >= 4 is 21.6 Å². The highest BCUT2D eigenvalue weighted by Crippen LogP contribution is 2.30. The van der Waals surface area contributed by atoms with Gasteiger partial charge in [-0.3, -0.25) is 4.79 Å². The summed E-state index contributed by atoms with van der Waals surface area (Å²) in [6.45, 7) is 4.59. The molecule has 1 fully saturated rings. The Labute approximate surface area is 202 Å². The lowest BCUT2D eigenvalue weighted by molar-refractivity contribution is 0.0951. The predicted molar refractivity (Wildman–Crippen MR) is 133 cm³/mol. The number of benzene rings is 2. The number of nitrogens with one attached hydrogen (secondary N) is 1. The summed E-state index contributed by atoms with van der Waals surface area (Å²) >= 11 is 0. The van der Waals surface area contributed by atoms with Gasteiger partial charge in [0.2, 0.25) is 10.0 Å². The van der Waals surface area contributed by atoms with E-state index >= 15 is 0 Å². The number of rotatable bonds is 10. The Morgan fingerprint density at radius 2 is 1.79 bits per heavy atom. The van der Waals surface area contributed by atoms with Crippen LogP contribution in [0.15, 0.2) is 41.3 Å². The van der Waals surface area contributed by atoms with Gasteiger partial charge >= 0.3 is 0 Å². The van der Waals surface area contributed by atoms with Crippen LogP contribution < -0.4 is 19.7 Å². The predicted octanol–water partition coefficient (Wildman–Crippen LogP) is 3.65. The molecule has 1 amide bonds. The highest BCUT2D eigenvalue weighted by molar-refractivity contribution is 7.89. The minimum atomic E-state index is -3.66. The molecule has 1 aliphatic heterocycles. The number of anilines is 1. The Hall–Kier alpha value is -2.78. The number of carbonyl (C=O) groups excluding carboxylic acids is 1. The summed E-state index contributed by atoms with van der Waals surface area (Å²) in [5.41, 5.74) is 1.97. The quantitative estimate of drug-likeness (QED) is 0.548. The van der Waals surface area contributed by atoms with Gasteiger partial charge in [0.05, 0.1) is 24.2 Å². The highest BCUT2D eigenvalue weighted by Gasteiger charge is 2.24. The molecule has 2 aromatic carbocycles. The van der Waals surface area contributed by atoms with Crippen molar-refractivity contribution in [3.05, 3.63) is 47.5 Å². The first-order valence-corrected chi connectivity index (χ1v) is 13.1. The minimum absolute atomic E-state index is 0.0995. The molecule has 0 saturated carbocycles. The van der Waals surface area contributed by atoms with E-state index in [0.717, 1.165) is 54.3 Å². The summed E-state index contributed by atoms with van der Waals surface area (Å²) in [6, 6.07) is 10.4. The Kier molecular flexibility index (Phi) is 8.79. The van der Waals surface area contributed by atoms with Crippen LogP contribution in [0.3, 0.4) is 0 Å². The van der Waals surface area contributed by atoms with Crippen molar-refractivity contribution in [2.75, 3.05) is 45.8 Å². The maximum Gasteiger partial charge on any atom is 0.253 e. The number of piperidine rings is 1. The summed E-state index contributed by atoms with van der Waals surface area (Å²) in [6.07, 6.45) is 4.14. The Morgan fingerprint density at radius 3 is 2.44 bits per heavy atom. The third-order valence-corrected chi connectivity index (χ3v) is 7.64. The average Bonchev–Trinajstić information content (AvgIpc) is 2.86. The van der Waals surface area contributed by atoms with E-state index in [1.807, 2.05) is 25.1 Å². The maximum absolute atomic E-state index is 13.3. The molecule has 2 aromatic rings. The van der Waals surface area contributed by atoms with Crippen LogP contribution >= 0.6 is 0 Å². The van der Waals surface area contributed by atoms with Gasteiger partial charge in [-0.15, -0.1) is 0 Å². The van der Waals surface area contributed by atoms with E-state index in [0.29, 0.717) is 23.7 Å². The van der Waals surface area contributed by atoms with Crippen LogP contribution in [0.25, 0.3) is 0 Å². The van der Waals surface area contributed by atoms with E-state index in [-0.39, 0.29) is 17.3 Å². The number of nitrogens with zero attached hydrogens (tertiary/aromatic N) is 2. The normalized spacial score (nSPS) is 14.2. The molecule has 186 valence electrons. The van der Waals surface area contributed by atoms with Gasteiger partial charge in [0, 0.05) is 39.4 Å². The third kappa shape index (κ3) is 6.01. The molecule has 0 unspecified atom stereocenters. The van der Waals surface area contributed by atoms with Gasteiger partial charge in [-0.2, -0.15) is 0 Å². The second-order valence-electron chi connectivity index (χ2n) is 8.53. The van der Waals surface area contributed by atoms with E-state index < -0.39 is 10.0 Å². The van der Waals surface area contributed by atoms with Crippen LogP contribution in [0.4, 0.5) is 5.69 Å². The Morgan fingerprint density at radius 1 is 1.06 bits per heavy atom. The lowest BCUT2D eigenvalue weighted by Crippen LogP contribution is -2.33. The van der Waals surface area contributed by atoms with E-state index in [1.165, 1.54) is 20.2 Å². The highest BCUT2D eigenvalue weighted by atomic mass is 32.2. The summed E-state index contributed by atoms with van der Waals surface area (Å²) in [5.74, 6) is 0.948. The van der Waals surface area contributed by atoms with Crippen molar-refractivity contribution in [3.63, 3.8) is 0 Å². The first kappa shape index (κ1) is 25.8. The molecule has 0 aromatic heterocycles. The summed E-state index contributed by atoms with van der Waals surface area (Å²) < 4.78 is 37.7. The van der Waals surface area contributed by atoms with Gasteiger partial charge in [0.1, 0.15) is 0 Å². The average molecular weight is 490 g/mol. The first-order valence-electron chi connectivity index (χ1n) is 11.7. The fourth-order valence-corrected chi connectivity index (χ4v) is 4.84. The smallest absolute Gasteiger partial charge is 0.253 e. The zero-order chi connectivity index (χ0) is 24.7. The van der Waals surface area contributed by atoms with E-state index in [1.54, 1.807) is 19.2 Å². The van der Waals surface area contributed by atoms with Gasteiger partial charge in [-0.25, -0.2) is 12.7 Å². The van der Waals surface area contributed by atoms with Crippen molar-refractivity contribution < 1.29 is 22.7 Å². The van der Waals surface area contributed by atoms with E-state index in [2.05, 4.69) is 10.2 Å². The molecule has 34 heavy (non-hydrogen) atoms. The fourth-order valence-electron chi connectivity index (χ4n) is 3.91. The molecule has 1 heterocycles. The number of hydrogen-bond acceptors (Lipinski definition) is 6. The van der Waals surface area contributed by atoms with Crippen molar-refractivity contribution in [2.45, 2.75) is 44.0 Å². The summed E-state index contributed by atoms with van der Waals surface area (Å²) in [5, 5.41) is 2.95. The van der Waals surface area contributed by atoms with Crippen LogP contribution in [-0.4, -0.2) is 59.5 Å². The lowest BCUT2D eigenvalue weighted by Gasteiger charge is -2.30. The fraction of sp³-hybridized carbons (Fsp3) is 0.480. The molecule has 0 atom stereocenters. The molecule has 1 aliphatic rings. The molecule has 1 N–H and O–H groups in total. The van der Waals surface area contributed by atoms with E-state index in [9.17, 15) is 13.2 Å². The first-order chi connectivity index (χ1) is 16.3. The monoisotopic (exact) mass is 489 g/mol. The molecule has 0 radical (unpaired) electrons. The standard InChI is InChI=1S/C25H35N3O5S/c1-5-15-33-23-12-9-19(16-24(23)32-4)18-26-25(29)21-17-20(34(30,31)27(2)3)10-11-22(21)28-13-7-6-8-14-28/h9-12,16-17H,5-8,13-15,18H2,1-4H3,(H,26,29). The Balaban J connectivity index is 1.85. The SMILES string of the molecule is CCCOc1ccc(CNC(=O)c2cc(S(=O)(=O)N(C)C)ccc2N2CCCCC2)cc1OC. The Bertz CT molecular complexity index is 1100. The lowest BCUT2D eigenvalue weighted by atomic mass is 10.1. The molecule has 3 rings (SSSR count). The van der Waals surface area contributed by atoms with Crippen LogP contribution in [0.1, 0.15) is 48.5 Å². The number of ether oxygens (including phenoxy) is 2. The second-order valence-corrected chi connectivity index (χ2v) is 10.7. The van der Waals surface area contributed by atoms with Gasteiger partial charge in [0.15, 0.2) is 11.5 Å². The molecular weight excluding hydrogens is 454 g/mol. The number of sulfonamides is 1. The van der Waals surface area contributed by atoms with Crippen LogP contribution in [0.2, 0.25) is 0 Å². The summed E-state index contributed by atoms with van der Waals surface area (Å²) in [4.78, 5) is 15.6. The van der Waals surface area contributed by atoms with Crippen LogP contribution in [0, 0.1) is 0 Å². The number of carbonyl (C=O) groups is 1. The second kappa shape index (κ2) is 11.6. The summed E-state index contributed by atoms with van der Waals surface area (Å²) in [7, 11) is 0.879. The zero-order valence-electron chi connectivity index (χ0n) is 20.5. The molecule has 0 bridgehead atoms. The molecule has 1 saturated heterocycles. The molecule has 8 nitrogen and oxygen atoms in total. The van der Waals surface area contributed by atoms with Crippen molar-refractivity contribution in [3.8, 4) is 11.5 Å². The largest absolute Gasteiger partial charge is 0.493 e. The topological polar surface area (TPSA) is 88.2 Å². The van der Waals surface area contributed by atoms with Gasteiger partial charge in [0.25, 0.3) is 5.91 Å². The van der Waals surface area contributed by atoms with Crippen LogP contribution in [0.5, 0.6) is 11.5 Å². The van der Waals surface area contributed by atoms with Crippen molar-refractivity contribution in [1.29, 1.82) is 0 Å². The zero-order valence-corrected chi connectivity index (χ0v) is 21.3. The molecule has 0 aliphatic carbocycles. The maximum atomic E-state index is 13.3. The van der Waals surface area contributed by atoms with Gasteiger partial charge < -0.3 is 19.7 Å². The van der Waals surface area contributed by atoms with E-state index in [4.69, 9.17) is 9.47 Å². The molecule has 9 heteroatoms. The number of methoxy groups -OCH3 is 1. The van der Waals surface area contributed by atoms with Crippen molar-refractivity contribution in [1.82, 2.24) is 9.62 Å². The number of amides is 1. The number of hydrogen-bond donors (Lipinski definition) is 1. The van der Waals surface area contributed by atoms with Crippen LogP contribution in [-0.2, 0) is 16.6 Å². The molecule has 0 spiro atoms. The van der Waals surface area contributed by atoms with Gasteiger partial charge in [-0.05, 0) is 61.6 Å². The third-order valence-electron chi connectivity index (χ3n) is 5.83. The van der Waals surface area contributed by atoms with Crippen molar-refractivity contribution in [2.24, 2.45) is 0 Å². The van der Waals surface area contributed by atoms with Gasteiger partial charge in [-0.1, -0.05) is 13.0 Å². The molecular formula is C25H35N3O5S.